The molecule has 1 atom stereocenters. The Kier molecular flexibility index (Phi) is 5.36. The molecular weight excluding hydrogens is 388 g/mol. The quantitative estimate of drug-likeness (QED) is 0.704. The molecule has 30 heavy (non-hydrogen) atoms. The van der Waals surface area contributed by atoms with Crippen LogP contribution >= 0.6 is 0 Å². The van der Waals surface area contributed by atoms with Gasteiger partial charge in [-0.25, -0.2) is 4.79 Å². The summed E-state index contributed by atoms with van der Waals surface area (Å²) in [5.41, 5.74) is -0.199. The molecule has 1 spiro atoms. The van der Waals surface area contributed by atoms with Crippen LogP contribution in [0.4, 0.5) is 10.5 Å². The first-order valence-electron chi connectivity index (χ1n) is 10.3. The van der Waals surface area contributed by atoms with Crippen molar-refractivity contribution < 1.29 is 23.9 Å². The molecule has 1 aliphatic carbocycles. The number of para-hydroxylation sites is 2. The van der Waals surface area contributed by atoms with E-state index >= 15 is 0 Å². The van der Waals surface area contributed by atoms with Gasteiger partial charge in [-0.3, -0.25) is 19.3 Å². The number of urea groups is 1. The maximum Gasteiger partial charge on any atom is 0.325 e. The number of benzene rings is 1. The Balaban J connectivity index is 1.37. The third-order valence-corrected chi connectivity index (χ3v) is 6.12. The van der Waals surface area contributed by atoms with Crippen LogP contribution in [0.15, 0.2) is 24.3 Å². The van der Waals surface area contributed by atoms with Crippen LogP contribution in [0.3, 0.4) is 0 Å². The van der Waals surface area contributed by atoms with E-state index in [1.165, 1.54) is 7.11 Å². The first-order valence-corrected chi connectivity index (χ1v) is 10.3. The average molecular weight is 414 g/mol. The topological polar surface area (TPSA) is 108 Å². The van der Waals surface area contributed by atoms with Gasteiger partial charge < -0.3 is 20.3 Å². The molecule has 1 saturated carbocycles. The summed E-state index contributed by atoms with van der Waals surface area (Å²) in [6, 6.07) is 6.27. The Morgan fingerprint density at radius 2 is 1.93 bits per heavy atom. The van der Waals surface area contributed by atoms with Gasteiger partial charge in [0.25, 0.3) is 5.91 Å². The van der Waals surface area contributed by atoms with Crippen molar-refractivity contribution in [2.24, 2.45) is 0 Å². The van der Waals surface area contributed by atoms with E-state index in [2.05, 4.69) is 10.6 Å². The maximum atomic E-state index is 12.8. The molecule has 1 aromatic carbocycles. The van der Waals surface area contributed by atoms with Gasteiger partial charge in [0.1, 0.15) is 17.8 Å². The summed E-state index contributed by atoms with van der Waals surface area (Å²) >= 11 is 0. The van der Waals surface area contributed by atoms with Crippen molar-refractivity contribution in [3.63, 3.8) is 0 Å². The van der Waals surface area contributed by atoms with E-state index in [9.17, 15) is 19.2 Å². The Morgan fingerprint density at radius 1 is 1.20 bits per heavy atom. The molecule has 2 heterocycles. The molecule has 0 radical (unpaired) electrons. The van der Waals surface area contributed by atoms with Crippen LogP contribution in [-0.4, -0.2) is 60.4 Å². The van der Waals surface area contributed by atoms with Crippen LogP contribution in [0.2, 0.25) is 0 Å². The van der Waals surface area contributed by atoms with E-state index in [0.29, 0.717) is 30.8 Å². The Hall–Kier alpha value is -3.10. The second-order valence-electron chi connectivity index (χ2n) is 8.11. The number of hydrogen-bond acceptors (Lipinski definition) is 5. The zero-order chi connectivity index (χ0) is 21.3. The molecule has 3 aliphatic rings. The summed E-state index contributed by atoms with van der Waals surface area (Å²) < 4.78 is 5.32. The standard InChI is InChI=1S/C21H26N4O5/c1-30-16-8-4-3-7-15(16)24-12-14(11-18(24)27)22-17(26)13-25-19(28)21(23-20(25)29)9-5-2-6-10-21/h3-4,7-8,14H,2,5-6,9-13H2,1H3,(H,22,26)(H,23,29)/t14-/m0/s1. The van der Waals surface area contributed by atoms with E-state index in [-0.39, 0.29) is 24.8 Å². The number of carbonyl (C=O) groups excluding carboxylic acids is 4. The smallest absolute Gasteiger partial charge is 0.325 e. The summed E-state index contributed by atoms with van der Waals surface area (Å²) in [6.07, 6.45) is 4.18. The second kappa shape index (κ2) is 7.97. The minimum absolute atomic E-state index is 0.124. The van der Waals surface area contributed by atoms with Gasteiger partial charge in [0.05, 0.1) is 18.8 Å². The summed E-state index contributed by atoms with van der Waals surface area (Å²) in [4.78, 5) is 52.7. The zero-order valence-electron chi connectivity index (χ0n) is 17.0. The minimum Gasteiger partial charge on any atom is -0.495 e. The van der Waals surface area contributed by atoms with Crippen LogP contribution in [0.25, 0.3) is 0 Å². The van der Waals surface area contributed by atoms with Crippen LogP contribution in [-0.2, 0) is 14.4 Å². The monoisotopic (exact) mass is 414 g/mol. The first-order chi connectivity index (χ1) is 14.4. The number of rotatable bonds is 5. The van der Waals surface area contributed by atoms with Crippen LogP contribution < -0.4 is 20.3 Å². The predicted molar refractivity (Wildman–Crippen MR) is 108 cm³/mol. The number of anilines is 1. The fraction of sp³-hybridized carbons (Fsp3) is 0.524. The molecule has 0 aromatic heterocycles. The van der Waals surface area contributed by atoms with Crippen molar-refractivity contribution in [1.82, 2.24) is 15.5 Å². The average Bonchev–Trinajstić information content (AvgIpc) is 3.20. The van der Waals surface area contributed by atoms with Crippen molar-refractivity contribution in [2.75, 3.05) is 25.1 Å². The van der Waals surface area contributed by atoms with Gasteiger partial charge in [0, 0.05) is 13.0 Å². The molecular formula is C21H26N4O5. The number of ether oxygens (including phenoxy) is 1. The van der Waals surface area contributed by atoms with Crippen molar-refractivity contribution in [1.29, 1.82) is 0 Å². The van der Waals surface area contributed by atoms with Gasteiger partial charge in [0.15, 0.2) is 0 Å². The first kappa shape index (κ1) is 20.2. The third kappa shape index (κ3) is 3.59. The lowest BCUT2D eigenvalue weighted by atomic mass is 9.82. The SMILES string of the molecule is COc1ccccc1N1C[C@@H](NC(=O)CN2C(=O)NC3(CCCCC3)C2=O)CC1=O. The van der Waals surface area contributed by atoms with E-state index in [4.69, 9.17) is 4.74 Å². The molecule has 0 unspecified atom stereocenters. The third-order valence-electron chi connectivity index (χ3n) is 6.12. The molecule has 9 heteroatoms. The number of hydrogen-bond donors (Lipinski definition) is 2. The van der Waals surface area contributed by atoms with E-state index < -0.39 is 23.5 Å². The molecule has 1 aromatic rings. The van der Waals surface area contributed by atoms with Gasteiger partial charge in [0.2, 0.25) is 11.8 Å². The van der Waals surface area contributed by atoms with Gasteiger partial charge in [-0.2, -0.15) is 0 Å². The zero-order valence-corrected chi connectivity index (χ0v) is 17.0. The number of nitrogens with zero attached hydrogens (tertiary/aromatic N) is 2. The second-order valence-corrected chi connectivity index (χ2v) is 8.11. The number of imide groups is 1. The summed E-state index contributed by atoms with van der Waals surface area (Å²) in [7, 11) is 1.54. The normalized spacial score (nSPS) is 23.1. The summed E-state index contributed by atoms with van der Waals surface area (Å²) in [5.74, 6) is -0.317. The molecule has 2 N–H and O–H groups in total. The Morgan fingerprint density at radius 3 is 2.67 bits per heavy atom. The molecule has 5 amide bonds. The van der Waals surface area contributed by atoms with Gasteiger partial charge >= 0.3 is 6.03 Å². The van der Waals surface area contributed by atoms with Crippen LogP contribution in [0, 0.1) is 0 Å². The van der Waals surface area contributed by atoms with E-state index in [1.807, 2.05) is 12.1 Å². The van der Waals surface area contributed by atoms with E-state index in [0.717, 1.165) is 24.2 Å². The van der Waals surface area contributed by atoms with Crippen molar-refractivity contribution in [3.8, 4) is 5.75 Å². The van der Waals surface area contributed by atoms with Gasteiger partial charge in [-0.15, -0.1) is 0 Å². The molecule has 4 rings (SSSR count). The fourth-order valence-electron chi connectivity index (χ4n) is 4.62. The summed E-state index contributed by atoms with van der Waals surface area (Å²) in [5, 5.41) is 5.59. The lowest BCUT2D eigenvalue weighted by Crippen LogP contribution is -2.49. The van der Waals surface area contributed by atoms with Crippen molar-refractivity contribution >= 4 is 29.4 Å². The molecule has 2 saturated heterocycles. The highest BCUT2D eigenvalue weighted by Crippen LogP contribution is 2.34. The molecule has 9 nitrogen and oxygen atoms in total. The maximum absolute atomic E-state index is 12.8. The van der Waals surface area contributed by atoms with Gasteiger partial charge in [-0.05, 0) is 25.0 Å². The number of carbonyl (C=O) groups is 4. The van der Waals surface area contributed by atoms with E-state index in [1.54, 1.807) is 17.0 Å². The predicted octanol–water partition coefficient (Wildman–Crippen LogP) is 1.17. The lowest BCUT2D eigenvalue weighted by Gasteiger charge is -2.30. The van der Waals surface area contributed by atoms with Gasteiger partial charge in [-0.1, -0.05) is 31.4 Å². The lowest BCUT2D eigenvalue weighted by molar-refractivity contribution is -0.136. The van der Waals surface area contributed by atoms with Crippen molar-refractivity contribution in [3.05, 3.63) is 24.3 Å². The highest BCUT2D eigenvalue weighted by molar-refractivity contribution is 6.09. The largest absolute Gasteiger partial charge is 0.495 e. The fourth-order valence-corrected chi connectivity index (χ4v) is 4.62. The molecule has 160 valence electrons. The number of nitrogens with one attached hydrogen (secondary N) is 2. The number of amides is 5. The van der Waals surface area contributed by atoms with Crippen LogP contribution in [0.5, 0.6) is 5.75 Å². The van der Waals surface area contributed by atoms with Crippen molar-refractivity contribution in [2.45, 2.75) is 50.1 Å². The Bertz CT molecular complexity index is 880. The minimum atomic E-state index is -0.848. The highest BCUT2D eigenvalue weighted by Gasteiger charge is 2.51. The van der Waals surface area contributed by atoms with Crippen LogP contribution in [0.1, 0.15) is 38.5 Å². The summed E-state index contributed by atoms with van der Waals surface area (Å²) in [6.45, 7) is -0.0409. The molecule has 2 aliphatic heterocycles. The number of methoxy groups -OCH3 is 1. The molecule has 0 bridgehead atoms. The highest BCUT2D eigenvalue weighted by atomic mass is 16.5. The Labute approximate surface area is 174 Å². The molecule has 3 fully saturated rings.